The number of hydrogen-bond donors (Lipinski definition) is 0. The van der Waals surface area contributed by atoms with Crippen molar-refractivity contribution in [2.75, 3.05) is 0 Å². The predicted octanol–water partition coefficient (Wildman–Crippen LogP) is 2.52. The Balaban J connectivity index is 2.75. The fourth-order valence-corrected chi connectivity index (χ4v) is 1.39. The Hall–Kier alpha value is -1.38. The molecule has 0 saturated carbocycles. The van der Waals surface area contributed by atoms with Crippen LogP contribution in [0, 0.1) is 0 Å². The maximum Gasteiger partial charge on any atom is 0.132 e. The topological polar surface area (TPSA) is 38.9 Å². The summed E-state index contributed by atoms with van der Waals surface area (Å²) < 4.78 is 4.91. The SMILES string of the molecule is CC(C)(C)c1cncc2nocc12. The molecule has 2 aromatic rings. The maximum absolute atomic E-state index is 4.91. The summed E-state index contributed by atoms with van der Waals surface area (Å²) in [5, 5.41) is 4.91. The molecule has 0 aliphatic carbocycles. The van der Waals surface area contributed by atoms with E-state index in [1.807, 2.05) is 6.20 Å². The molecule has 68 valence electrons. The van der Waals surface area contributed by atoms with Gasteiger partial charge in [-0.25, -0.2) is 0 Å². The summed E-state index contributed by atoms with van der Waals surface area (Å²) in [5.41, 5.74) is 2.08. The zero-order valence-corrected chi connectivity index (χ0v) is 8.03. The Morgan fingerprint density at radius 2 is 2.00 bits per heavy atom. The number of aromatic nitrogens is 2. The van der Waals surface area contributed by atoms with Crippen molar-refractivity contribution in [3.63, 3.8) is 0 Å². The van der Waals surface area contributed by atoms with Gasteiger partial charge < -0.3 is 4.52 Å². The van der Waals surface area contributed by atoms with Crippen LogP contribution in [0.15, 0.2) is 23.2 Å². The number of rotatable bonds is 0. The molecule has 0 aliphatic heterocycles. The predicted molar refractivity (Wildman–Crippen MR) is 50.5 cm³/mol. The van der Waals surface area contributed by atoms with Crippen molar-refractivity contribution >= 4 is 10.9 Å². The summed E-state index contributed by atoms with van der Waals surface area (Å²) in [5.74, 6) is 0. The third kappa shape index (κ3) is 1.30. The molecule has 0 radical (unpaired) electrons. The second-order valence-electron chi connectivity index (χ2n) is 4.18. The molecule has 3 nitrogen and oxygen atoms in total. The highest BCUT2D eigenvalue weighted by atomic mass is 16.5. The van der Waals surface area contributed by atoms with Gasteiger partial charge in [0.25, 0.3) is 0 Å². The Kier molecular flexibility index (Phi) is 1.62. The van der Waals surface area contributed by atoms with Crippen molar-refractivity contribution in [1.82, 2.24) is 10.1 Å². The van der Waals surface area contributed by atoms with E-state index in [0.717, 1.165) is 10.9 Å². The van der Waals surface area contributed by atoms with Crippen molar-refractivity contribution in [2.45, 2.75) is 26.2 Å². The van der Waals surface area contributed by atoms with E-state index in [9.17, 15) is 0 Å². The molecule has 0 unspecified atom stereocenters. The Labute approximate surface area is 76.8 Å². The average molecular weight is 176 g/mol. The van der Waals surface area contributed by atoms with Crippen LogP contribution in [-0.4, -0.2) is 10.1 Å². The lowest BCUT2D eigenvalue weighted by molar-refractivity contribution is 0.428. The third-order valence-corrected chi connectivity index (χ3v) is 2.10. The van der Waals surface area contributed by atoms with E-state index >= 15 is 0 Å². The molecule has 13 heavy (non-hydrogen) atoms. The monoisotopic (exact) mass is 176 g/mol. The van der Waals surface area contributed by atoms with Gasteiger partial charge in [-0.15, -0.1) is 0 Å². The van der Waals surface area contributed by atoms with E-state index < -0.39 is 0 Å². The van der Waals surface area contributed by atoms with Crippen LogP contribution in [0.4, 0.5) is 0 Å². The Morgan fingerprint density at radius 3 is 2.69 bits per heavy atom. The van der Waals surface area contributed by atoms with Crippen LogP contribution in [-0.2, 0) is 5.41 Å². The van der Waals surface area contributed by atoms with Gasteiger partial charge in [0.05, 0.1) is 6.20 Å². The van der Waals surface area contributed by atoms with E-state index in [0.29, 0.717) is 0 Å². The van der Waals surface area contributed by atoms with Gasteiger partial charge in [-0.3, -0.25) is 4.98 Å². The lowest BCUT2D eigenvalue weighted by atomic mass is 9.86. The van der Waals surface area contributed by atoms with Crippen LogP contribution in [0.3, 0.4) is 0 Å². The van der Waals surface area contributed by atoms with Crippen LogP contribution in [0.5, 0.6) is 0 Å². The van der Waals surface area contributed by atoms with Crippen LogP contribution in [0.1, 0.15) is 26.3 Å². The van der Waals surface area contributed by atoms with Gasteiger partial charge >= 0.3 is 0 Å². The first kappa shape index (κ1) is 8.23. The first-order valence-electron chi connectivity index (χ1n) is 4.27. The molecule has 2 heterocycles. The van der Waals surface area contributed by atoms with E-state index in [-0.39, 0.29) is 5.41 Å². The van der Waals surface area contributed by atoms with E-state index in [1.165, 1.54) is 5.56 Å². The van der Waals surface area contributed by atoms with Crippen molar-refractivity contribution in [3.05, 3.63) is 24.2 Å². The largest absolute Gasteiger partial charge is 0.363 e. The first-order valence-corrected chi connectivity index (χ1v) is 4.27. The van der Waals surface area contributed by atoms with Crippen LogP contribution >= 0.6 is 0 Å². The standard InChI is InChI=1S/C10H12N2O/c1-10(2,3)8-4-11-5-9-7(8)6-13-12-9/h4-6H,1-3H3. The Morgan fingerprint density at radius 1 is 1.23 bits per heavy atom. The number of pyridine rings is 1. The summed E-state index contributed by atoms with van der Waals surface area (Å²) in [4.78, 5) is 4.13. The van der Waals surface area contributed by atoms with Crippen LogP contribution < -0.4 is 0 Å². The van der Waals surface area contributed by atoms with Gasteiger partial charge in [-0.1, -0.05) is 25.9 Å². The van der Waals surface area contributed by atoms with Crippen molar-refractivity contribution < 1.29 is 4.52 Å². The highest BCUT2D eigenvalue weighted by Gasteiger charge is 2.18. The summed E-state index contributed by atoms with van der Waals surface area (Å²) in [6, 6.07) is 0. The molecular weight excluding hydrogens is 164 g/mol. The van der Waals surface area contributed by atoms with E-state index in [1.54, 1.807) is 12.5 Å². The first-order chi connectivity index (χ1) is 6.09. The molecule has 2 rings (SSSR count). The molecule has 0 bridgehead atoms. The maximum atomic E-state index is 4.91. The zero-order chi connectivity index (χ0) is 9.47. The number of hydrogen-bond acceptors (Lipinski definition) is 3. The lowest BCUT2D eigenvalue weighted by Crippen LogP contribution is -2.11. The second kappa shape index (κ2) is 2.55. The number of fused-ring (bicyclic) bond motifs is 1. The van der Waals surface area contributed by atoms with Crippen molar-refractivity contribution in [2.24, 2.45) is 0 Å². The molecule has 0 fully saturated rings. The fourth-order valence-electron chi connectivity index (χ4n) is 1.39. The van der Waals surface area contributed by atoms with Crippen LogP contribution in [0.2, 0.25) is 0 Å². The third-order valence-electron chi connectivity index (χ3n) is 2.10. The molecule has 0 amide bonds. The molecule has 0 spiro atoms. The van der Waals surface area contributed by atoms with Crippen LogP contribution in [0.25, 0.3) is 10.9 Å². The van der Waals surface area contributed by atoms with Gasteiger partial charge in [0, 0.05) is 11.6 Å². The summed E-state index contributed by atoms with van der Waals surface area (Å²) >= 11 is 0. The molecule has 0 atom stereocenters. The normalized spacial score (nSPS) is 12.2. The summed E-state index contributed by atoms with van der Waals surface area (Å²) in [6.45, 7) is 6.45. The minimum Gasteiger partial charge on any atom is -0.363 e. The van der Waals surface area contributed by atoms with E-state index in [2.05, 4.69) is 30.9 Å². The van der Waals surface area contributed by atoms with Gasteiger partial charge in [-0.2, -0.15) is 0 Å². The molecule has 0 aromatic carbocycles. The average Bonchev–Trinajstić information content (AvgIpc) is 2.48. The lowest BCUT2D eigenvalue weighted by Gasteiger charge is -2.18. The van der Waals surface area contributed by atoms with Gasteiger partial charge in [0.2, 0.25) is 0 Å². The minimum atomic E-state index is 0.0814. The highest BCUT2D eigenvalue weighted by molar-refractivity contribution is 5.80. The molecule has 0 saturated heterocycles. The highest BCUT2D eigenvalue weighted by Crippen LogP contribution is 2.28. The van der Waals surface area contributed by atoms with Gasteiger partial charge in [0.1, 0.15) is 11.8 Å². The molecule has 3 heteroatoms. The minimum absolute atomic E-state index is 0.0814. The van der Waals surface area contributed by atoms with Crippen molar-refractivity contribution in [1.29, 1.82) is 0 Å². The van der Waals surface area contributed by atoms with Gasteiger partial charge in [-0.05, 0) is 11.0 Å². The number of nitrogens with zero attached hydrogens (tertiary/aromatic N) is 2. The Bertz CT molecular complexity index is 426. The van der Waals surface area contributed by atoms with Gasteiger partial charge in [0.15, 0.2) is 0 Å². The van der Waals surface area contributed by atoms with Crippen molar-refractivity contribution in [3.8, 4) is 0 Å². The quantitative estimate of drug-likeness (QED) is 0.619. The molecular formula is C10H12N2O. The smallest absolute Gasteiger partial charge is 0.132 e. The fraction of sp³-hybridized carbons (Fsp3) is 0.400. The molecule has 0 N–H and O–H groups in total. The molecule has 2 aromatic heterocycles. The second-order valence-corrected chi connectivity index (χ2v) is 4.18. The summed E-state index contributed by atoms with van der Waals surface area (Å²) in [6.07, 6.45) is 5.27. The zero-order valence-electron chi connectivity index (χ0n) is 8.03. The summed E-state index contributed by atoms with van der Waals surface area (Å²) in [7, 11) is 0. The van der Waals surface area contributed by atoms with E-state index in [4.69, 9.17) is 4.52 Å². The molecule has 0 aliphatic rings.